The molecule has 11 nitrogen and oxygen atoms in total. The summed E-state index contributed by atoms with van der Waals surface area (Å²) in [5.74, 6) is 2.29. The average molecular weight is 532 g/mol. The summed E-state index contributed by atoms with van der Waals surface area (Å²) >= 11 is 1.05. The Labute approximate surface area is 222 Å². The first kappa shape index (κ1) is 23.9. The molecule has 4 aromatic rings. The molecule has 1 unspecified atom stereocenters. The quantitative estimate of drug-likeness (QED) is 0.306. The smallest absolute Gasteiger partial charge is 0.347 e. The molecule has 2 aliphatic heterocycles. The largest absolute Gasteiger partial charge is 0.486 e. The lowest BCUT2D eigenvalue weighted by Crippen LogP contribution is -2.35. The third-order valence-electron chi connectivity index (χ3n) is 6.29. The van der Waals surface area contributed by atoms with E-state index in [0.717, 1.165) is 52.7 Å². The van der Waals surface area contributed by atoms with Crippen molar-refractivity contribution in [3.05, 3.63) is 70.5 Å². The summed E-state index contributed by atoms with van der Waals surface area (Å²) in [7, 11) is 0. The third kappa shape index (κ3) is 4.90. The first-order chi connectivity index (χ1) is 18.5. The topological polar surface area (TPSA) is 135 Å². The highest BCUT2D eigenvalue weighted by Gasteiger charge is 2.28. The van der Waals surface area contributed by atoms with Crippen LogP contribution in [0.3, 0.4) is 0 Å². The second-order valence-corrected chi connectivity index (χ2v) is 9.97. The number of hydrogen-bond donors (Lipinski definition) is 3. The number of ether oxygens (including phenoxy) is 2. The van der Waals surface area contributed by atoms with E-state index in [-0.39, 0.29) is 11.0 Å². The number of pyridine rings is 1. The minimum Gasteiger partial charge on any atom is -0.486 e. The number of fused-ring (bicyclic) bond motifs is 2. The molecule has 0 saturated heterocycles. The standard InChI is InChI=1S/C26H25N7O4S/c1-15-21(24(34)35)38-26(29-15)32-25-30-22(28-12-17-14-36-19-6-2-3-7-20(19)37-17)18-8-10-33(23(18)31-25)13-16-5-4-9-27-11-16/h2-7,9,11,17H,8,10,12-14H2,1H3,(H,34,35)(H2,28,29,30,31,32). The number of carboxylic acid groups (broad SMARTS) is 1. The fourth-order valence-corrected chi connectivity index (χ4v) is 5.30. The highest BCUT2D eigenvalue weighted by molar-refractivity contribution is 7.17. The number of rotatable bonds is 8. The van der Waals surface area contributed by atoms with E-state index >= 15 is 0 Å². The molecule has 1 aromatic carbocycles. The number of para-hydroxylation sites is 2. The molecular formula is C26H25N7O4S. The zero-order chi connectivity index (χ0) is 26.1. The van der Waals surface area contributed by atoms with Gasteiger partial charge in [0.15, 0.2) is 16.6 Å². The Bertz CT molecular complexity index is 1480. The number of aryl methyl sites for hydroxylation is 1. The number of thiazole rings is 1. The number of aromatic nitrogens is 4. The Balaban J connectivity index is 1.27. The zero-order valence-corrected chi connectivity index (χ0v) is 21.4. The van der Waals surface area contributed by atoms with Gasteiger partial charge < -0.3 is 24.8 Å². The van der Waals surface area contributed by atoms with Crippen molar-refractivity contribution >= 4 is 40.0 Å². The van der Waals surface area contributed by atoms with Crippen LogP contribution < -0.4 is 25.0 Å². The van der Waals surface area contributed by atoms with Crippen LogP contribution in [0.2, 0.25) is 0 Å². The minimum atomic E-state index is -1.01. The molecule has 194 valence electrons. The summed E-state index contributed by atoms with van der Waals surface area (Å²) in [6, 6.07) is 11.6. The Morgan fingerprint density at radius 1 is 1.18 bits per heavy atom. The van der Waals surface area contributed by atoms with Crippen molar-refractivity contribution in [2.45, 2.75) is 26.0 Å². The predicted molar refractivity (Wildman–Crippen MR) is 143 cm³/mol. The molecule has 12 heteroatoms. The number of anilines is 4. The second-order valence-electron chi connectivity index (χ2n) is 8.97. The number of hydrogen-bond acceptors (Lipinski definition) is 11. The van der Waals surface area contributed by atoms with Crippen molar-refractivity contribution in [1.82, 2.24) is 19.9 Å². The average Bonchev–Trinajstić information content (AvgIpc) is 3.50. The molecule has 38 heavy (non-hydrogen) atoms. The van der Waals surface area contributed by atoms with Crippen molar-refractivity contribution in [3.63, 3.8) is 0 Å². The van der Waals surface area contributed by atoms with Gasteiger partial charge in [0, 0.05) is 31.0 Å². The molecule has 2 aliphatic rings. The lowest BCUT2D eigenvalue weighted by atomic mass is 10.2. The molecule has 0 fully saturated rings. The number of carboxylic acids is 1. The van der Waals surface area contributed by atoms with Crippen LogP contribution in [-0.4, -0.2) is 56.8 Å². The van der Waals surface area contributed by atoms with Crippen molar-refractivity contribution in [2.24, 2.45) is 0 Å². The van der Waals surface area contributed by atoms with Gasteiger partial charge in [-0.15, -0.1) is 0 Å². The molecule has 5 heterocycles. The van der Waals surface area contributed by atoms with Crippen LogP contribution in [0.5, 0.6) is 11.5 Å². The summed E-state index contributed by atoms with van der Waals surface area (Å²) in [6.45, 7) is 4.02. The van der Waals surface area contributed by atoms with Gasteiger partial charge in [0.25, 0.3) is 0 Å². The molecule has 0 aliphatic carbocycles. The fourth-order valence-electron chi connectivity index (χ4n) is 4.50. The first-order valence-corrected chi connectivity index (χ1v) is 13.0. The van der Waals surface area contributed by atoms with Crippen molar-refractivity contribution in [1.29, 1.82) is 0 Å². The van der Waals surface area contributed by atoms with Crippen LogP contribution in [0.1, 0.15) is 26.5 Å². The number of carbonyl (C=O) groups is 1. The Morgan fingerprint density at radius 3 is 2.84 bits per heavy atom. The number of aromatic carboxylic acids is 1. The highest BCUT2D eigenvalue weighted by atomic mass is 32.1. The van der Waals surface area contributed by atoms with Gasteiger partial charge in [-0.25, -0.2) is 9.78 Å². The Kier molecular flexibility index (Phi) is 6.38. The second kappa shape index (κ2) is 10.1. The van der Waals surface area contributed by atoms with Crippen LogP contribution >= 0.6 is 11.3 Å². The van der Waals surface area contributed by atoms with E-state index in [4.69, 9.17) is 19.4 Å². The molecule has 1 atom stereocenters. The van der Waals surface area contributed by atoms with Gasteiger partial charge in [0.1, 0.15) is 29.2 Å². The monoisotopic (exact) mass is 531 g/mol. The highest BCUT2D eigenvalue weighted by Crippen LogP contribution is 2.35. The fraction of sp³-hybridized carbons (Fsp3) is 0.269. The van der Waals surface area contributed by atoms with E-state index < -0.39 is 5.97 Å². The number of benzene rings is 1. The van der Waals surface area contributed by atoms with Crippen LogP contribution in [0.4, 0.5) is 22.7 Å². The molecule has 0 saturated carbocycles. The molecular weight excluding hydrogens is 506 g/mol. The molecule has 3 N–H and O–H groups in total. The molecule has 0 amide bonds. The van der Waals surface area contributed by atoms with Crippen LogP contribution in [0.25, 0.3) is 0 Å². The van der Waals surface area contributed by atoms with Crippen LogP contribution in [0.15, 0.2) is 48.8 Å². The van der Waals surface area contributed by atoms with E-state index in [1.54, 1.807) is 13.1 Å². The Morgan fingerprint density at radius 2 is 2.05 bits per heavy atom. The molecule has 3 aromatic heterocycles. The van der Waals surface area contributed by atoms with Gasteiger partial charge in [0.2, 0.25) is 5.95 Å². The number of nitrogens with one attached hydrogen (secondary N) is 2. The maximum Gasteiger partial charge on any atom is 0.347 e. The SMILES string of the molecule is Cc1nc(Nc2nc(NCC3COc4ccccc4O3)c3c(n2)N(Cc2cccnc2)CC3)sc1C(=O)O. The van der Waals surface area contributed by atoms with E-state index in [1.807, 2.05) is 42.6 Å². The normalized spacial score (nSPS) is 15.7. The van der Waals surface area contributed by atoms with Gasteiger partial charge in [-0.1, -0.05) is 29.5 Å². The van der Waals surface area contributed by atoms with E-state index in [1.165, 1.54) is 0 Å². The van der Waals surface area contributed by atoms with Crippen molar-refractivity contribution in [2.75, 3.05) is 35.2 Å². The van der Waals surface area contributed by atoms with Crippen LogP contribution in [-0.2, 0) is 13.0 Å². The van der Waals surface area contributed by atoms with E-state index in [2.05, 4.69) is 25.5 Å². The third-order valence-corrected chi connectivity index (χ3v) is 7.35. The van der Waals surface area contributed by atoms with Crippen molar-refractivity contribution < 1.29 is 19.4 Å². The van der Waals surface area contributed by atoms with Crippen LogP contribution in [0, 0.1) is 6.92 Å². The molecule has 6 rings (SSSR count). The maximum atomic E-state index is 11.5. The molecule has 0 spiro atoms. The van der Waals surface area contributed by atoms with Gasteiger partial charge in [-0.2, -0.15) is 9.97 Å². The predicted octanol–water partition coefficient (Wildman–Crippen LogP) is 3.89. The summed E-state index contributed by atoms with van der Waals surface area (Å²) in [5, 5.41) is 16.4. The lowest BCUT2D eigenvalue weighted by Gasteiger charge is -2.27. The lowest BCUT2D eigenvalue weighted by molar-refractivity contribution is 0.0701. The summed E-state index contributed by atoms with van der Waals surface area (Å²) < 4.78 is 12.0. The Hall–Kier alpha value is -4.45. The summed E-state index contributed by atoms with van der Waals surface area (Å²) in [6.07, 6.45) is 4.19. The van der Waals surface area contributed by atoms with Crippen molar-refractivity contribution in [3.8, 4) is 11.5 Å². The van der Waals surface area contributed by atoms with E-state index in [0.29, 0.717) is 42.3 Å². The van der Waals surface area contributed by atoms with Gasteiger partial charge in [-0.05, 0) is 37.1 Å². The maximum absolute atomic E-state index is 11.5. The van der Waals surface area contributed by atoms with Gasteiger partial charge in [0.05, 0.1) is 12.2 Å². The minimum absolute atomic E-state index is 0.181. The zero-order valence-electron chi connectivity index (χ0n) is 20.5. The van der Waals surface area contributed by atoms with Gasteiger partial charge >= 0.3 is 5.97 Å². The van der Waals surface area contributed by atoms with E-state index in [9.17, 15) is 9.90 Å². The van der Waals surface area contributed by atoms with Gasteiger partial charge in [-0.3, -0.25) is 10.3 Å². The summed E-state index contributed by atoms with van der Waals surface area (Å²) in [5.41, 5.74) is 2.53. The molecule has 0 radical (unpaired) electrons. The summed E-state index contributed by atoms with van der Waals surface area (Å²) in [4.78, 5) is 32.0. The molecule has 0 bridgehead atoms. The number of nitrogens with zero attached hydrogens (tertiary/aromatic N) is 5. The first-order valence-electron chi connectivity index (χ1n) is 12.2.